The fraction of sp³-hybridized carbons (Fsp3) is 0.360. The van der Waals surface area contributed by atoms with Crippen LogP contribution < -0.4 is 15.6 Å². The van der Waals surface area contributed by atoms with Crippen molar-refractivity contribution in [2.24, 2.45) is 5.92 Å². The number of halogens is 1. The Bertz CT molecular complexity index is 1230. The molecule has 0 radical (unpaired) electrons. The van der Waals surface area contributed by atoms with E-state index in [1.807, 2.05) is 13.8 Å². The van der Waals surface area contributed by atoms with Gasteiger partial charge in [-0.1, -0.05) is 26.0 Å². The molecule has 1 unspecified atom stereocenters. The van der Waals surface area contributed by atoms with Crippen LogP contribution in [-0.2, 0) is 4.79 Å². The highest BCUT2D eigenvalue weighted by Crippen LogP contribution is 2.20. The molecular weight excluding hydrogens is 439 g/mol. The molecule has 34 heavy (non-hydrogen) atoms. The number of benzene rings is 2. The molecule has 2 amide bonds. The number of piperidine rings is 1. The number of amides is 2. The number of para-hydroxylation sites is 2. The second-order valence-electron chi connectivity index (χ2n) is 8.72. The molecule has 0 aliphatic carbocycles. The molecule has 0 bridgehead atoms. The number of carbonyl (C=O) groups excluding carboxylic acids is 2. The summed E-state index contributed by atoms with van der Waals surface area (Å²) in [6.07, 6.45) is 1.16. The second-order valence-corrected chi connectivity index (χ2v) is 8.72. The third-order valence-corrected chi connectivity index (χ3v) is 5.90. The number of nitrogens with one attached hydrogen (secondary N) is 2. The van der Waals surface area contributed by atoms with Gasteiger partial charge in [0.05, 0.1) is 11.0 Å². The molecular formula is C25H27FN4O4. The third-order valence-electron chi connectivity index (χ3n) is 5.90. The highest BCUT2D eigenvalue weighted by molar-refractivity contribution is 5.97. The summed E-state index contributed by atoms with van der Waals surface area (Å²) >= 11 is 0. The standard InChI is InChI=1S/C25H27FN4O4/c1-15(2)21(29-24(32)22-23(31)28-20-6-4-3-5-19(20)27-22)25(33)30-13-11-18(12-14-30)34-17-9-7-16(26)8-10-17/h3-10,15,18,21H,11-14H2,1-2H3,(H,28,31)(H,29,32). The third kappa shape index (κ3) is 5.24. The summed E-state index contributed by atoms with van der Waals surface area (Å²) in [4.78, 5) is 47.1. The van der Waals surface area contributed by atoms with Gasteiger partial charge in [-0.15, -0.1) is 0 Å². The van der Waals surface area contributed by atoms with Gasteiger partial charge in [0.25, 0.3) is 11.5 Å². The van der Waals surface area contributed by atoms with Crippen molar-refractivity contribution in [1.29, 1.82) is 0 Å². The molecule has 9 heteroatoms. The molecule has 4 rings (SSSR count). The van der Waals surface area contributed by atoms with Gasteiger partial charge < -0.3 is 19.9 Å². The first kappa shape index (κ1) is 23.4. The smallest absolute Gasteiger partial charge is 0.280 e. The predicted octanol–water partition coefficient (Wildman–Crippen LogP) is 2.89. The summed E-state index contributed by atoms with van der Waals surface area (Å²) in [6.45, 7) is 4.62. The normalized spacial score (nSPS) is 15.4. The van der Waals surface area contributed by atoms with Gasteiger partial charge in [0, 0.05) is 25.9 Å². The first-order valence-electron chi connectivity index (χ1n) is 11.3. The highest BCUT2D eigenvalue weighted by Gasteiger charge is 2.32. The van der Waals surface area contributed by atoms with Gasteiger partial charge in [-0.3, -0.25) is 14.4 Å². The van der Waals surface area contributed by atoms with E-state index in [0.717, 1.165) is 0 Å². The Labute approximate surface area is 196 Å². The Morgan fingerprint density at radius 3 is 2.47 bits per heavy atom. The Morgan fingerprint density at radius 1 is 1.12 bits per heavy atom. The number of ether oxygens (including phenoxy) is 1. The van der Waals surface area contributed by atoms with Crippen LogP contribution in [0.4, 0.5) is 4.39 Å². The highest BCUT2D eigenvalue weighted by atomic mass is 19.1. The summed E-state index contributed by atoms with van der Waals surface area (Å²) < 4.78 is 19.0. The molecule has 1 atom stereocenters. The summed E-state index contributed by atoms with van der Waals surface area (Å²) in [5, 5.41) is 2.71. The van der Waals surface area contributed by atoms with Crippen LogP contribution in [0.3, 0.4) is 0 Å². The van der Waals surface area contributed by atoms with Crippen LogP contribution in [0, 0.1) is 11.7 Å². The number of aromatic amines is 1. The van der Waals surface area contributed by atoms with E-state index < -0.39 is 17.5 Å². The van der Waals surface area contributed by atoms with Gasteiger partial charge >= 0.3 is 0 Å². The van der Waals surface area contributed by atoms with Gasteiger partial charge in [-0.2, -0.15) is 0 Å². The van der Waals surface area contributed by atoms with E-state index in [2.05, 4.69) is 15.3 Å². The van der Waals surface area contributed by atoms with Gasteiger partial charge in [-0.05, 0) is 42.3 Å². The van der Waals surface area contributed by atoms with Crippen molar-refractivity contribution >= 4 is 22.8 Å². The van der Waals surface area contributed by atoms with E-state index in [-0.39, 0.29) is 29.4 Å². The quantitative estimate of drug-likeness (QED) is 0.581. The van der Waals surface area contributed by atoms with E-state index >= 15 is 0 Å². The maximum Gasteiger partial charge on any atom is 0.280 e. The molecule has 178 valence electrons. The van der Waals surface area contributed by atoms with Crippen LogP contribution in [0.1, 0.15) is 37.2 Å². The number of fused-ring (bicyclic) bond motifs is 1. The van der Waals surface area contributed by atoms with Crippen LogP contribution in [-0.4, -0.2) is 51.9 Å². The maximum atomic E-state index is 13.2. The lowest BCUT2D eigenvalue weighted by Gasteiger charge is -2.35. The van der Waals surface area contributed by atoms with E-state index in [1.54, 1.807) is 41.3 Å². The Kier molecular flexibility index (Phi) is 6.90. The zero-order chi connectivity index (χ0) is 24.2. The zero-order valence-electron chi connectivity index (χ0n) is 19.1. The van der Waals surface area contributed by atoms with Crippen molar-refractivity contribution in [2.75, 3.05) is 13.1 Å². The molecule has 0 spiro atoms. The fourth-order valence-corrected chi connectivity index (χ4v) is 4.00. The second kappa shape index (κ2) is 10.0. The van der Waals surface area contributed by atoms with Crippen molar-refractivity contribution in [3.8, 4) is 5.75 Å². The first-order chi connectivity index (χ1) is 16.3. The first-order valence-corrected chi connectivity index (χ1v) is 11.3. The number of H-pyrrole nitrogens is 1. The number of likely N-dealkylation sites (tertiary alicyclic amines) is 1. The molecule has 2 aromatic carbocycles. The van der Waals surface area contributed by atoms with Crippen molar-refractivity contribution in [3.63, 3.8) is 0 Å². The zero-order valence-corrected chi connectivity index (χ0v) is 19.1. The average Bonchev–Trinajstić information content (AvgIpc) is 2.83. The molecule has 8 nitrogen and oxygen atoms in total. The van der Waals surface area contributed by atoms with E-state index in [4.69, 9.17) is 4.74 Å². The van der Waals surface area contributed by atoms with E-state index in [9.17, 15) is 18.8 Å². The Morgan fingerprint density at radius 2 is 1.79 bits per heavy atom. The Hall–Kier alpha value is -3.75. The largest absolute Gasteiger partial charge is 0.490 e. The van der Waals surface area contributed by atoms with Crippen LogP contribution >= 0.6 is 0 Å². The number of aromatic nitrogens is 2. The summed E-state index contributed by atoms with van der Waals surface area (Å²) in [7, 11) is 0. The SMILES string of the molecule is CC(C)C(NC(=O)c1nc2ccccc2[nH]c1=O)C(=O)N1CCC(Oc2ccc(F)cc2)CC1. The van der Waals surface area contributed by atoms with Gasteiger partial charge in [0.2, 0.25) is 5.91 Å². The molecule has 1 aromatic heterocycles. The number of hydrogen-bond donors (Lipinski definition) is 2. The van der Waals surface area contributed by atoms with Gasteiger partial charge in [-0.25, -0.2) is 9.37 Å². The summed E-state index contributed by atoms with van der Waals surface area (Å²) in [6, 6.07) is 12.0. The Balaban J connectivity index is 1.40. The van der Waals surface area contributed by atoms with Crippen molar-refractivity contribution in [1.82, 2.24) is 20.2 Å². The van der Waals surface area contributed by atoms with Crippen molar-refractivity contribution < 1.29 is 18.7 Å². The van der Waals surface area contributed by atoms with Crippen molar-refractivity contribution in [3.05, 3.63) is 70.4 Å². The van der Waals surface area contributed by atoms with Crippen LogP contribution in [0.15, 0.2) is 53.3 Å². The minimum absolute atomic E-state index is 0.0815. The molecule has 1 aliphatic heterocycles. The molecule has 2 heterocycles. The molecule has 0 saturated carbocycles. The van der Waals surface area contributed by atoms with Crippen LogP contribution in [0.25, 0.3) is 11.0 Å². The molecule has 1 aliphatic rings. The fourth-order valence-electron chi connectivity index (χ4n) is 4.00. The lowest BCUT2D eigenvalue weighted by molar-refractivity contribution is -0.136. The summed E-state index contributed by atoms with van der Waals surface area (Å²) in [5.41, 5.74) is 0.141. The topological polar surface area (TPSA) is 104 Å². The number of hydrogen-bond acceptors (Lipinski definition) is 5. The van der Waals surface area contributed by atoms with E-state index in [1.165, 1.54) is 12.1 Å². The van der Waals surface area contributed by atoms with Gasteiger partial charge in [0.15, 0.2) is 5.69 Å². The molecule has 3 aromatic rings. The van der Waals surface area contributed by atoms with E-state index in [0.29, 0.717) is 42.7 Å². The minimum Gasteiger partial charge on any atom is -0.490 e. The number of nitrogens with zero attached hydrogens (tertiary/aromatic N) is 2. The molecule has 1 fully saturated rings. The minimum atomic E-state index is -0.797. The average molecular weight is 467 g/mol. The molecule has 1 saturated heterocycles. The monoisotopic (exact) mass is 466 g/mol. The van der Waals surface area contributed by atoms with Crippen molar-refractivity contribution in [2.45, 2.75) is 38.8 Å². The van der Waals surface area contributed by atoms with Gasteiger partial charge in [0.1, 0.15) is 23.7 Å². The maximum absolute atomic E-state index is 13.2. The number of carbonyl (C=O) groups is 2. The molecule has 2 N–H and O–H groups in total. The van der Waals surface area contributed by atoms with Crippen LogP contribution in [0.5, 0.6) is 5.75 Å². The lowest BCUT2D eigenvalue weighted by Crippen LogP contribution is -2.54. The number of rotatable bonds is 6. The summed E-state index contributed by atoms with van der Waals surface area (Å²) in [5.74, 6) is -0.819. The lowest BCUT2D eigenvalue weighted by atomic mass is 10.00. The predicted molar refractivity (Wildman–Crippen MR) is 125 cm³/mol. The van der Waals surface area contributed by atoms with Crippen LogP contribution in [0.2, 0.25) is 0 Å².